The molecular weight excluding hydrogens is 314 g/mol. The summed E-state index contributed by atoms with van der Waals surface area (Å²) < 4.78 is 31.9. The molecule has 0 saturated carbocycles. The molecule has 5 nitrogen and oxygen atoms in total. The molecule has 0 unspecified atom stereocenters. The number of ether oxygens (including phenoxy) is 1. The third-order valence-electron chi connectivity index (χ3n) is 3.36. The molecule has 0 heterocycles. The maximum Gasteiger partial charge on any atom is 0.233 e. The smallest absolute Gasteiger partial charge is 0.233 e. The maximum absolute atomic E-state index is 12.1. The number of benzene rings is 2. The summed E-state index contributed by atoms with van der Waals surface area (Å²) in [7, 11) is -1.89. The van der Waals surface area contributed by atoms with Gasteiger partial charge in [0.05, 0.1) is 12.9 Å². The van der Waals surface area contributed by atoms with Crippen molar-refractivity contribution in [2.45, 2.75) is 13.3 Å². The molecule has 0 atom stereocenters. The summed E-state index contributed by atoms with van der Waals surface area (Å²) >= 11 is 0. The van der Waals surface area contributed by atoms with Gasteiger partial charge in [-0.25, -0.2) is 8.42 Å². The predicted octanol–water partition coefficient (Wildman–Crippen LogP) is 2.88. The molecular formula is C17H19NO4S. The van der Waals surface area contributed by atoms with E-state index < -0.39 is 10.0 Å². The van der Waals surface area contributed by atoms with E-state index in [4.69, 9.17) is 4.74 Å². The Balaban J connectivity index is 1.99. The van der Waals surface area contributed by atoms with Crippen LogP contribution in [-0.2, 0) is 16.4 Å². The Labute approximate surface area is 136 Å². The molecule has 0 aliphatic heterocycles. The second-order valence-electron chi connectivity index (χ2n) is 5.16. The summed E-state index contributed by atoms with van der Waals surface area (Å²) in [6.07, 6.45) is 0.387. The molecule has 2 rings (SSSR count). The standard InChI is InChI=1S/C17H19NO4S/c1-13(19)15-6-8-16(9-7-15)18-23(20,21)11-10-14-4-3-5-17(12-14)22-2/h3-9,12,18H,10-11H2,1-2H3. The zero-order chi connectivity index (χ0) is 16.9. The molecule has 2 aromatic rings. The average Bonchev–Trinajstić information content (AvgIpc) is 2.53. The number of ketones is 1. The van der Waals surface area contributed by atoms with Crippen molar-refractivity contribution in [2.75, 3.05) is 17.6 Å². The van der Waals surface area contributed by atoms with Crippen molar-refractivity contribution in [3.63, 3.8) is 0 Å². The average molecular weight is 333 g/mol. The second kappa shape index (κ2) is 7.28. The normalized spacial score (nSPS) is 11.0. The summed E-state index contributed by atoms with van der Waals surface area (Å²) in [6, 6.07) is 13.7. The number of sulfonamides is 1. The zero-order valence-corrected chi connectivity index (χ0v) is 13.9. The molecule has 0 aliphatic rings. The van der Waals surface area contributed by atoms with Crippen LogP contribution >= 0.6 is 0 Å². The number of aryl methyl sites for hydroxylation is 1. The van der Waals surface area contributed by atoms with Crippen LogP contribution in [0.3, 0.4) is 0 Å². The van der Waals surface area contributed by atoms with Gasteiger partial charge in [0.1, 0.15) is 5.75 Å². The van der Waals surface area contributed by atoms with Crippen molar-refractivity contribution < 1.29 is 17.9 Å². The Morgan fingerprint density at radius 2 is 1.83 bits per heavy atom. The molecule has 6 heteroatoms. The van der Waals surface area contributed by atoms with Gasteiger partial charge in [-0.1, -0.05) is 12.1 Å². The minimum atomic E-state index is -3.46. The van der Waals surface area contributed by atoms with Gasteiger partial charge in [0, 0.05) is 11.3 Å². The van der Waals surface area contributed by atoms with Gasteiger partial charge in [0.25, 0.3) is 0 Å². The molecule has 0 saturated heterocycles. The fraction of sp³-hybridized carbons (Fsp3) is 0.235. The van der Waals surface area contributed by atoms with Crippen LogP contribution in [0.2, 0.25) is 0 Å². The largest absolute Gasteiger partial charge is 0.497 e. The minimum Gasteiger partial charge on any atom is -0.497 e. The van der Waals surface area contributed by atoms with Gasteiger partial charge >= 0.3 is 0 Å². The van der Waals surface area contributed by atoms with E-state index in [0.29, 0.717) is 23.4 Å². The van der Waals surface area contributed by atoms with Crippen molar-refractivity contribution in [3.05, 3.63) is 59.7 Å². The van der Waals surface area contributed by atoms with Crippen molar-refractivity contribution in [2.24, 2.45) is 0 Å². The van der Waals surface area contributed by atoms with E-state index >= 15 is 0 Å². The number of carbonyl (C=O) groups is 1. The number of hydrogen-bond donors (Lipinski definition) is 1. The van der Waals surface area contributed by atoms with Gasteiger partial charge in [-0.3, -0.25) is 9.52 Å². The van der Waals surface area contributed by atoms with Crippen LogP contribution in [-0.4, -0.2) is 27.1 Å². The summed E-state index contributed by atoms with van der Waals surface area (Å²) in [6.45, 7) is 1.47. The van der Waals surface area contributed by atoms with Gasteiger partial charge in [-0.05, 0) is 55.3 Å². The topological polar surface area (TPSA) is 72.5 Å². The Kier molecular flexibility index (Phi) is 5.39. The highest BCUT2D eigenvalue weighted by Crippen LogP contribution is 2.15. The van der Waals surface area contributed by atoms with Crippen LogP contribution in [0.5, 0.6) is 5.75 Å². The van der Waals surface area contributed by atoms with Crippen molar-refractivity contribution in [1.82, 2.24) is 0 Å². The molecule has 0 radical (unpaired) electrons. The molecule has 0 aliphatic carbocycles. The molecule has 122 valence electrons. The third kappa shape index (κ3) is 5.10. The monoisotopic (exact) mass is 333 g/mol. The van der Waals surface area contributed by atoms with Crippen LogP contribution in [0.15, 0.2) is 48.5 Å². The van der Waals surface area contributed by atoms with Crippen molar-refractivity contribution in [3.8, 4) is 5.75 Å². The molecule has 0 bridgehead atoms. The number of nitrogens with one attached hydrogen (secondary N) is 1. The van der Waals surface area contributed by atoms with E-state index in [0.717, 1.165) is 5.56 Å². The first-order valence-corrected chi connectivity index (χ1v) is 8.79. The molecule has 0 spiro atoms. The molecule has 0 amide bonds. The summed E-state index contributed by atoms with van der Waals surface area (Å²) in [5, 5.41) is 0. The second-order valence-corrected chi connectivity index (χ2v) is 7.00. The molecule has 0 fully saturated rings. The molecule has 0 aromatic heterocycles. The Morgan fingerprint density at radius 3 is 2.43 bits per heavy atom. The quantitative estimate of drug-likeness (QED) is 0.791. The summed E-state index contributed by atoms with van der Waals surface area (Å²) in [4.78, 5) is 11.2. The van der Waals surface area contributed by atoms with Gasteiger partial charge in [-0.15, -0.1) is 0 Å². The number of hydrogen-bond acceptors (Lipinski definition) is 4. The highest BCUT2D eigenvalue weighted by atomic mass is 32.2. The van der Waals surface area contributed by atoms with E-state index in [1.807, 2.05) is 24.3 Å². The number of methoxy groups -OCH3 is 1. The lowest BCUT2D eigenvalue weighted by Crippen LogP contribution is -2.18. The van der Waals surface area contributed by atoms with Crippen LogP contribution in [0.25, 0.3) is 0 Å². The molecule has 2 aromatic carbocycles. The van der Waals surface area contributed by atoms with Crippen LogP contribution in [0.4, 0.5) is 5.69 Å². The summed E-state index contributed by atoms with van der Waals surface area (Å²) in [5.74, 6) is 0.611. The predicted molar refractivity (Wildman–Crippen MR) is 90.6 cm³/mol. The molecule has 1 N–H and O–H groups in total. The Hall–Kier alpha value is -2.34. The van der Waals surface area contributed by atoms with Gasteiger partial charge < -0.3 is 4.74 Å². The fourth-order valence-electron chi connectivity index (χ4n) is 2.08. The number of Topliss-reactive ketones (excluding diaryl/α,β-unsaturated/α-hetero) is 1. The highest BCUT2D eigenvalue weighted by molar-refractivity contribution is 7.92. The maximum atomic E-state index is 12.1. The number of anilines is 1. The zero-order valence-electron chi connectivity index (χ0n) is 13.1. The first-order valence-electron chi connectivity index (χ1n) is 7.14. The van der Waals surface area contributed by atoms with E-state index in [9.17, 15) is 13.2 Å². The van der Waals surface area contributed by atoms with Gasteiger partial charge in [0.15, 0.2) is 5.78 Å². The van der Waals surface area contributed by atoms with E-state index in [2.05, 4.69) is 4.72 Å². The fourth-order valence-corrected chi connectivity index (χ4v) is 3.19. The van der Waals surface area contributed by atoms with Gasteiger partial charge in [-0.2, -0.15) is 0 Å². The van der Waals surface area contributed by atoms with Crippen LogP contribution < -0.4 is 9.46 Å². The lowest BCUT2D eigenvalue weighted by atomic mass is 10.1. The van der Waals surface area contributed by atoms with Crippen molar-refractivity contribution in [1.29, 1.82) is 0 Å². The van der Waals surface area contributed by atoms with E-state index in [1.165, 1.54) is 6.92 Å². The third-order valence-corrected chi connectivity index (χ3v) is 4.65. The van der Waals surface area contributed by atoms with Crippen LogP contribution in [0.1, 0.15) is 22.8 Å². The van der Waals surface area contributed by atoms with Gasteiger partial charge in [0.2, 0.25) is 10.0 Å². The van der Waals surface area contributed by atoms with Crippen LogP contribution in [0, 0.1) is 0 Å². The lowest BCUT2D eigenvalue weighted by molar-refractivity contribution is 0.101. The SMILES string of the molecule is COc1cccc(CCS(=O)(=O)Nc2ccc(C(C)=O)cc2)c1. The summed E-state index contributed by atoms with van der Waals surface area (Å²) in [5.41, 5.74) is 1.88. The Morgan fingerprint density at radius 1 is 1.13 bits per heavy atom. The number of rotatable bonds is 7. The first kappa shape index (κ1) is 17.0. The van der Waals surface area contributed by atoms with E-state index in [1.54, 1.807) is 31.4 Å². The highest BCUT2D eigenvalue weighted by Gasteiger charge is 2.11. The first-order chi connectivity index (χ1) is 10.9. The lowest BCUT2D eigenvalue weighted by Gasteiger charge is -2.09. The minimum absolute atomic E-state index is 0.0331. The van der Waals surface area contributed by atoms with E-state index in [-0.39, 0.29) is 11.5 Å². The molecule has 23 heavy (non-hydrogen) atoms. The Bertz CT molecular complexity index is 782. The number of carbonyl (C=O) groups excluding carboxylic acids is 1. The van der Waals surface area contributed by atoms with Crippen molar-refractivity contribution >= 4 is 21.5 Å².